The second-order valence-corrected chi connectivity index (χ2v) is 5.67. The number of benzene rings is 1. The van der Waals surface area contributed by atoms with Gasteiger partial charge in [0.2, 0.25) is 0 Å². The van der Waals surface area contributed by atoms with Gasteiger partial charge in [-0.1, -0.05) is 0 Å². The highest BCUT2D eigenvalue weighted by atomic mass is 32.2. The Morgan fingerprint density at radius 3 is 2.82 bits per heavy atom. The van der Waals surface area contributed by atoms with E-state index in [4.69, 9.17) is 5.73 Å². The quantitative estimate of drug-likeness (QED) is 0.836. The molecule has 2 nitrogen and oxygen atoms in total. The Morgan fingerprint density at radius 1 is 1.35 bits per heavy atom. The lowest BCUT2D eigenvalue weighted by molar-refractivity contribution is 0.221. The van der Waals surface area contributed by atoms with Gasteiger partial charge in [-0.15, -0.1) is 11.8 Å². The fourth-order valence-corrected chi connectivity index (χ4v) is 3.03. The lowest BCUT2D eigenvalue weighted by Gasteiger charge is -2.30. The normalized spacial score (nSPS) is 21.6. The van der Waals surface area contributed by atoms with E-state index in [1.54, 1.807) is 11.8 Å². The molecule has 0 aromatic heterocycles. The summed E-state index contributed by atoms with van der Waals surface area (Å²) in [5.41, 5.74) is 5.93. The van der Waals surface area contributed by atoms with Gasteiger partial charge in [-0.05, 0) is 43.7 Å². The van der Waals surface area contributed by atoms with Crippen molar-refractivity contribution in [2.24, 2.45) is 5.73 Å². The molecule has 1 aromatic rings. The van der Waals surface area contributed by atoms with Gasteiger partial charge in [0.1, 0.15) is 5.82 Å². The molecule has 0 radical (unpaired) electrons. The van der Waals surface area contributed by atoms with Crippen LogP contribution in [0.4, 0.5) is 4.39 Å². The van der Waals surface area contributed by atoms with Gasteiger partial charge in [-0.3, -0.25) is 0 Å². The molecule has 0 amide bonds. The first-order valence-electron chi connectivity index (χ1n) is 6.10. The average Bonchev–Trinajstić information content (AvgIpc) is 2.32. The molecule has 0 spiro atoms. The van der Waals surface area contributed by atoms with Gasteiger partial charge in [0.25, 0.3) is 0 Å². The second kappa shape index (κ2) is 6.38. The molecule has 1 aliphatic heterocycles. The number of likely N-dealkylation sites (tertiary alicyclic amines) is 1. The highest BCUT2D eigenvalue weighted by molar-refractivity contribution is 7.99. The molecule has 0 bridgehead atoms. The zero-order valence-corrected chi connectivity index (χ0v) is 10.8. The molecule has 0 unspecified atom stereocenters. The van der Waals surface area contributed by atoms with Gasteiger partial charge in [0.15, 0.2) is 0 Å². The lowest BCUT2D eigenvalue weighted by atomic mass is 10.1. The van der Waals surface area contributed by atoms with E-state index < -0.39 is 0 Å². The smallest absolute Gasteiger partial charge is 0.123 e. The second-order valence-electron chi connectivity index (χ2n) is 4.51. The van der Waals surface area contributed by atoms with Crippen molar-refractivity contribution in [3.63, 3.8) is 0 Å². The van der Waals surface area contributed by atoms with Crippen molar-refractivity contribution in [1.29, 1.82) is 0 Å². The molecule has 2 rings (SSSR count). The average molecular weight is 254 g/mol. The zero-order valence-electron chi connectivity index (χ0n) is 9.94. The van der Waals surface area contributed by atoms with Crippen LogP contribution in [0, 0.1) is 5.82 Å². The van der Waals surface area contributed by atoms with E-state index in [9.17, 15) is 4.39 Å². The standard InChI is InChI=1S/C13H19FN2S/c14-11-3-5-13(6-4-11)17-9-8-16-7-1-2-12(15)10-16/h3-6,12H,1-2,7-10,15H2/t12-/m1/s1. The third-order valence-electron chi connectivity index (χ3n) is 3.03. The third-order valence-corrected chi connectivity index (χ3v) is 4.02. The number of piperidine rings is 1. The predicted octanol–water partition coefficient (Wildman–Crippen LogP) is 2.34. The summed E-state index contributed by atoms with van der Waals surface area (Å²) in [7, 11) is 0. The number of hydrogen-bond acceptors (Lipinski definition) is 3. The Balaban J connectivity index is 1.70. The molecule has 1 fully saturated rings. The van der Waals surface area contributed by atoms with Crippen molar-refractivity contribution in [2.75, 3.05) is 25.4 Å². The summed E-state index contributed by atoms with van der Waals surface area (Å²) in [6.45, 7) is 3.25. The number of halogens is 1. The highest BCUT2D eigenvalue weighted by Gasteiger charge is 2.15. The summed E-state index contributed by atoms with van der Waals surface area (Å²) >= 11 is 1.77. The van der Waals surface area contributed by atoms with Gasteiger partial charge < -0.3 is 10.6 Å². The van der Waals surface area contributed by atoms with Crippen molar-refractivity contribution in [2.45, 2.75) is 23.8 Å². The van der Waals surface area contributed by atoms with Crippen LogP contribution in [0.3, 0.4) is 0 Å². The molecule has 17 heavy (non-hydrogen) atoms. The fourth-order valence-electron chi connectivity index (χ4n) is 2.12. The van der Waals surface area contributed by atoms with Crippen molar-refractivity contribution < 1.29 is 4.39 Å². The minimum atomic E-state index is -0.170. The maximum atomic E-state index is 12.7. The van der Waals surface area contributed by atoms with Gasteiger partial charge in [-0.25, -0.2) is 4.39 Å². The maximum absolute atomic E-state index is 12.7. The van der Waals surface area contributed by atoms with Gasteiger partial charge >= 0.3 is 0 Å². The van der Waals surface area contributed by atoms with Crippen LogP contribution >= 0.6 is 11.8 Å². The van der Waals surface area contributed by atoms with E-state index in [0.29, 0.717) is 6.04 Å². The van der Waals surface area contributed by atoms with Crippen LogP contribution in [-0.2, 0) is 0 Å². The molecule has 94 valence electrons. The molecule has 1 aliphatic rings. The minimum Gasteiger partial charge on any atom is -0.327 e. The van der Waals surface area contributed by atoms with Gasteiger partial charge in [0, 0.05) is 29.8 Å². The maximum Gasteiger partial charge on any atom is 0.123 e. The topological polar surface area (TPSA) is 29.3 Å². The molecule has 2 N–H and O–H groups in total. The molecule has 1 aromatic carbocycles. The lowest BCUT2D eigenvalue weighted by Crippen LogP contribution is -2.43. The Bertz CT molecular complexity index is 342. The Labute approximate surface area is 106 Å². The van der Waals surface area contributed by atoms with Gasteiger partial charge in [0.05, 0.1) is 0 Å². The van der Waals surface area contributed by atoms with Crippen molar-refractivity contribution in [3.05, 3.63) is 30.1 Å². The molecule has 1 atom stereocenters. The molecular weight excluding hydrogens is 235 g/mol. The van der Waals surface area contributed by atoms with Crippen LogP contribution in [0.15, 0.2) is 29.2 Å². The summed E-state index contributed by atoms with van der Waals surface area (Å²) in [6, 6.07) is 7.04. The summed E-state index contributed by atoms with van der Waals surface area (Å²) in [4.78, 5) is 3.55. The van der Waals surface area contributed by atoms with E-state index in [1.165, 1.54) is 18.6 Å². The number of nitrogens with zero attached hydrogens (tertiary/aromatic N) is 1. The van der Waals surface area contributed by atoms with Crippen molar-refractivity contribution in [1.82, 2.24) is 4.90 Å². The largest absolute Gasteiger partial charge is 0.327 e. The first-order valence-corrected chi connectivity index (χ1v) is 7.09. The number of rotatable bonds is 4. The summed E-state index contributed by atoms with van der Waals surface area (Å²) in [5, 5.41) is 0. The van der Waals surface area contributed by atoms with E-state index in [2.05, 4.69) is 4.90 Å². The molecule has 1 heterocycles. The highest BCUT2D eigenvalue weighted by Crippen LogP contribution is 2.18. The number of nitrogens with two attached hydrogens (primary N) is 1. The molecule has 1 saturated heterocycles. The first kappa shape index (κ1) is 12.9. The van der Waals surface area contributed by atoms with Gasteiger partial charge in [-0.2, -0.15) is 0 Å². The fraction of sp³-hybridized carbons (Fsp3) is 0.538. The van der Waals surface area contributed by atoms with Crippen molar-refractivity contribution in [3.8, 4) is 0 Å². The van der Waals surface area contributed by atoms with E-state index >= 15 is 0 Å². The molecule has 0 aliphatic carbocycles. The first-order chi connectivity index (χ1) is 8.24. The SMILES string of the molecule is N[C@@H]1CCCN(CCSc2ccc(F)cc2)C1. The molecular formula is C13H19FN2S. The molecule has 0 saturated carbocycles. The van der Waals surface area contributed by atoms with Crippen LogP contribution in [0.2, 0.25) is 0 Å². The third kappa shape index (κ3) is 4.30. The van der Waals surface area contributed by atoms with Crippen LogP contribution in [0.5, 0.6) is 0 Å². The minimum absolute atomic E-state index is 0.170. The van der Waals surface area contributed by atoms with Crippen LogP contribution in [0.1, 0.15) is 12.8 Å². The Morgan fingerprint density at radius 2 is 2.12 bits per heavy atom. The Kier molecular flexibility index (Phi) is 4.83. The van der Waals surface area contributed by atoms with E-state index in [1.807, 2.05) is 12.1 Å². The molecule has 4 heteroatoms. The number of thioether (sulfide) groups is 1. The van der Waals surface area contributed by atoms with Crippen LogP contribution < -0.4 is 5.73 Å². The van der Waals surface area contributed by atoms with Crippen LogP contribution in [-0.4, -0.2) is 36.3 Å². The summed E-state index contributed by atoms with van der Waals surface area (Å²) < 4.78 is 12.7. The van der Waals surface area contributed by atoms with E-state index in [0.717, 1.165) is 36.7 Å². The number of hydrogen-bond donors (Lipinski definition) is 1. The van der Waals surface area contributed by atoms with E-state index in [-0.39, 0.29) is 5.82 Å². The summed E-state index contributed by atoms with van der Waals surface area (Å²) in [6.07, 6.45) is 2.37. The van der Waals surface area contributed by atoms with Crippen molar-refractivity contribution >= 4 is 11.8 Å². The predicted molar refractivity (Wildman–Crippen MR) is 70.8 cm³/mol. The van der Waals surface area contributed by atoms with Crippen LogP contribution in [0.25, 0.3) is 0 Å². The zero-order chi connectivity index (χ0) is 12.1. The Hall–Kier alpha value is -0.580. The monoisotopic (exact) mass is 254 g/mol. The summed E-state index contributed by atoms with van der Waals surface area (Å²) in [5.74, 6) is 0.870.